The number of nitrogens with one attached hydrogen (secondary N) is 1. The molecule has 1 atom stereocenters. The smallest absolute Gasteiger partial charge is 0.287 e. The number of para-hydroxylation sites is 1. The lowest BCUT2D eigenvalue weighted by Gasteiger charge is -2.37. The van der Waals surface area contributed by atoms with Crippen LogP contribution >= 0.6 is 0 Å². The van der Waals surface area contributed by atoms with Crippen LogP contribution in [-0.4, -0.2) is 38.9 Å². The molecule has 0 bridgehead atoms. The summed E-state index contributed by atoms with van der Waals surface area (Å²) < 4.78 is 21.1. The monoisotopic (exact) mass is 345 g/mol. The summed E-state index contributed by atoms with van der Waals surface area (Å²) in [4.78, 5) is 24.4. The summed E-state index contributed by atoms with van der Waals surface area (Å²) in [5.74, 6) is 0.220. The lowest BCUT2D eigenvalue weighted by atomic mass is 9.89. The maximum absolute atomic E-state index is 12.6. The Kier molecular flexibility index (Phi) is 4.76. The minimum atomic E-state index is -0.751. The molecule has 0 fully saturated rings. The number of methoxy groups -OCH3 is 2. The van der Waals surface area contributed by atoms with Crippen LogP contribution in [0.2, 0.25) is 0 Å². The summed E-state index contributed by atoms with van der Waals surface area (Å²) in [6.07, 6.45) is 1.66. The minimum Gasteiger partial charge on any atom is -0.491 e. The van der Waals surface area contributed by atoms with Gasteiger partial charge in [0.1, 0.15) is 24.2 Å². The maximum Gasteiger partial charge on any atom is 0.287 e. The van der Waals surface area contributed by atoms with E-state index in [1.807, 2.05) is 24.3 Å². The zero-order chi connectivity index (χ0) is 17.9. The molecule has 3 rings (SSSR count). The summed E-state index contributed by atoms with van der Waals surface area (Å²) in [6, 6.07) is 8.74. The lowest BCUT2D eigenvalue weighted by Crippen LogP contribution is -2.59. The summed E-state index contributed by atoms with van der Waals surface area (Å²) >= 11 is 0. The Morgan fingerprint density at radius 3 is 2.84 bits per heavy atom. The number of carbonyl (C=O) groups is 1. The van der Waals surface area contributed by atoms with Crippen molar-refractivity contribution in [2.45, 2.75) is 12.0 Å². The van der Waals surface area contributed by atoms with Gasteiger partial charge in [0, 0.05) is 19.6 Å². The van der Waals surface area contributed by atoms with Crippen molar-refractivity contribution in [1.82, 2.24) is 5.32 Å². The van der Waals surface area contributed by atoms with Crippen molar-refractivity contribution in [3.8, 4) is 11.5 Å². The van der Waals surface area contributed by atoms with Crippen LogP contribution in [0, 0.1) is 0 Å². The first-order valence-electron chi connectivity index (χ1n) is 7.76. The number of rotatable bonds is 5. The number of carbonyl (C=O) groups excluding carboxylic acids is 1. The highest BCUT2D eigenvalue weighted by atomic mass is 16.5. The quantitative estimate of drug-likeness (QED) is 0.881. The molecule has 1 aromatic carbocycles. The fourth-order valence-electron chi connectivity index (χ4n) is 2.88. The van der Waals surface area contributed by atoms with Gasteiger partial charge < -0.3 is 23.9 Å². The van der Waals surface area contributed by atoms with E-state index in [2.05, 4.69) is 5.32 Å². The van der Waals surface area contributed by atoms with Crippen molar-refractivity contribution in [1.29, 1.82) is 0 Å². The third-order valence-electron chi connectivity index (χ3n) is 4.05. The van der Waals surface area contributed by atoms with E-state index in [1.165, 1.54) is 7.11 Å². The van der Waals surface area contributed by atoms with Crippen LogP contribution in [0.5, 0.6) is 11.5 Å². The van der Waals surface area contributed by atoms with Crippen LogP contribution < -0.4 is 20.2 Å². The molecular weight excluding hydrogens is 326 g/mol. The molecule has 7 nitrogen and oxygen atoms in total. The van der Waals surface area contributed by atoms with Gasteiger partial charge in [0.25, 0.3) is 5.91 Å². The first kappa shape index (κ1) is 17.0. The zero-order valence-corrected chi connectivity index (χ0v) is 14.0. The van der Waals surface area contributed by atoms with Crippen LogP contribution in [0.4, 0.5) is 0 Å². The van der Waals surface area contributed by atoms with Crippen LogP contribution in [0.15, 0.2) is 45.8 Å². The average molecular weight is 345 g/mol. The molecular formula is C18H19NO6. The highest BCUT2D eigenvalue weighted by molar-refractivity contribution is 5.92. The summed E-state index contributed by atoms with van der Waals surface area (Å²) in [7, 11) is 2.91. The summed E-state index contributed by atoms with van der Waals surface area (Å²) in [5, 5.41) is 2.89. The van der Waals surface area contributed by atoms with Gasteiger partial charge in [-0.1, -0.05) is 18.2 Å². The SMILES string of the molecule is COCC1(NC(=O)c2cc(=O)c(OC)co2)COc2ccccc2C1. The molecule has 25 heavy (non-hydrogen) atoms. The number of benzene rings is 1. The van der Waals surface area contributed by atoms with Crippen molar-refractivity contribution >= 4 is 5.91 Å². The fourth-order valence-corrected chi connectivity index (χ4v) is 2.88. The second-order valence-corrected chi connectivity index (χ2v) is 5.92. The van der Waals surface area contributed by atoms with Crippen LogP contribution in [0.3, 0.4) is 0 Å². The lowest BCUT2D eigenvalue weighted by molar-refractivity contribution is 0.0490. The van der Waals surface area contributed by atoms with Crippen LogP contribution in [0.1, 0.15) is 16.1 Å². The van der Waals surface area contributed by atoms with Gasteiger partial charge in [-0.05, 0) is 11.6 Å². The highest BCUT2D eigenvalue weighted by Gasteiger charge is 2.38. The van der Waals surface area contributed by atoms with Crippen molar-refractivity contribution in [2.75, 3.05) is 27.4 Å². The van der Waals surface area contributed by atoms with Gasteiger partial charge in [-0.2, -0.15) is 0 Å². The Morgan fingerprint density at radius 2 is 2.12 bits per heavy atom. The predicted octanol–water partition coefficient (Wildman–Crippen LogP) is 1.40. The fraction of sp³-hybridized carbons (Fsp3) is 0.333. The number of hydrogen-bond acceptors (Lipinski definition) is 6. The van der Waals surface area contributed by atoms with E-state index in [4.69, 9.17) is 18.6 Å². The molecule has 0 saturated heterocycles. The molecule has 1 unspecified atom stereocenters. The molecule has 1 aliphatic rings. The van der Waals surface area contributed by atoms with E-state index >= 15 is 0 Å². The number of ether oxygens (including phenoxy) is 3. The molecule has 0 radical (unpaired) electrons. The third kappa shape index (κ3) is 3.51. The minimum absolute atomic E-state index is 0.0399. The predicted molar refractivity (Wildman–Crippen MR) is 89.2 cm³/mol. The number of hydrogen-bond donors (Lipinski definition) is 1. The normalized spacial score (nSPS) is 18.8. The Labute approximate surface area is 144 Å². The van der Waals surface area contributed by atoms with E-state index in [1.54, 1.807) is 7.11 Å². The standard InChI is InChI=1S/C18H19NO6/c1-22-10-18(8-12-5-3-4-6-14(12)25-11-18)19-17(21)15-7-13(20)16(23-2)9-24-15/h3-7,9H,8,10-11H2,1-2H3,(H,19,21). The molecule has 2 aromatic rings. The molecule has 0 aliphatic carbocycles. The van der Waals surface area contributed by atoms with Crippen molar-refractivity contribution < 1.29 is 23.4 Å². The van der Waals surface area contributed by atoms with Gasteiger partial charge >= 0.3 is 0 Å². The van der Waals surface area contributed by atoms with Crippen LogP contribution in [0.25, 0.3) is 0 Å². The number of amides is 1. The highest BCUT2D eigenvalue weighted by Crippen LogP contribution is 2.29. The molecule has 0 saturated carbocycles. The van der Waals surface area contributed by atoms with Gasteiger partial charge in [0.15, 0.2) is 5.76 Å². The van der Waals surface area contributed by atoms with Gasteiger partial charge in [0.05, 0.1) is 13.7 Å². The Morgan fingerprint density at radius 1 is 1.32 bits per heavy atom. The Bertz CT molecular complexity index is 830. The van der Waals surface area contributed by atoms with E-state index in [0.717, 1.165) is 23.6 Å². The van der Waals surface area contributed by atoms with E-state index in [-0.39, 0.29) is 24.7 Å². The Balaban J connectivity index is 1.84. The molecule has 7 heteroatoms. The van der Waals surface area contributed by atoms with Gasteiger partial charge in [-0.3, -0.25) is 9.59 Å². The average Bonchev–Trinajstić information content (AvgIpc) is 2.61. The first-order valence-corrected chi connectivity index (χ1v) is 7.76. The van der Waals surface area contributed by atoms with Crippen LogP contribution in [-0.2, 0) is 11.2 Å². The molecule has 132 valence electrons. The summed E-state index contributed by atoms with van der Waals surface area (Å²) in [5.41, 5.74) is -0.203. The van der Waals surface area contributed by atoms with Crippen molar-refractivity contribution in [3.63, 3.8) is 0 Å². The van der Waals surface area contributed by atoms with Gasteiger partial charge in [0.2, 0.25) is 11.2 Å². The van der Waals surface area contributed by atoms with Gasteiger partial charge in [-0.25, -0.2) is 0 Å². The van der Waals surface area contributed by atoms with E-state index in [9.17, 15) is 9.59 Å². The molecule has 2 heterocycles. The second-order valence-electron chi connectivity index (χ2n) is 5.92. The van der Waals surface area contributed by atoms with Crippen molar-refractivity contribution in [3.05, 3.63) is 58.1 Å². The second kappa shape index (κ2) is 6.98. The largest absolute Gasteiger partial charge is 0.491 e. The first-order chi connectivity index (χ1) is 12.1. The van der Waals surface area contributed by atoms with Crippen molar-refractivity contribution in [2.24, 2.45) is 0 Å². The molecule has 1 aromatic heterocycles. The zero-order valence-electron chi connectivity index (χ0n) is 14.0. The molecule has 0 spiro atoms. The molecule has 1 aliphatic heterocycles. The maximum atomic E-state index is 12.6. The Hall–Kier alpha value is -2.80. The van der Waals surface area contributed by atoms with E-state index < -0.39 is 16.9 Å². The van der Waals surface area contributed by atoms with E-state index in [0.29, 0.717) is 6.42 Å². The summed E-state index contributed by atoms with van der Waals surface area (Å²) in [6.45, 7) is 0.511. The topological polar surface area (TPSA) is 87.0 Å². The third-order valence-corrected chi connectivity index (χ3v) is 4.05. The number of fused-ring (bicyclic) bond motifs is 1. The molecule has 1 amide bonds. The molecule has 1 N–H and O–H groups in total. The van der Waals surface area contributed by atoms with Gasteiger partial charge in [-0.15, -0.1) is 0 Å².